The lowest BCUT2D eigenvalue weighted by molar-refractivity contribution is 0.724. The number of nitrogens with zero attached hydrogens (tertiary/aromatic N) is 4. The van der Waals surface area contributed by atoms with Gasteiger partial charge < -0.3 is 15.2 Å². The second kappa shape index (κ2) is 4.01. The summed E-state index contributed by atoms with van der Waals surface area (Å²) >= 11 is 0. The Morgan fingerprint density at radius 3 is 2.89 bits per heavy atom. The molecule has 0 aliphatic carbocycles. The molecule has 0 bridgehead atoms. The van der Waals surface area contributed by atoms with E-state index in [0.29, 0.717) is 0 Å². The summed E-state index contributed by atoms with van der Waals surface area (Å²) in [6.07, 6.45) is 1.05. The van der Waals surface area contributed by atoms with Crippen molar-refractivity contribution in [2.45, 2.75) is 19.9 Å². The Bertz CT molecular complexity index is 587. The Labute approximate surface area is 106 Å². The first-order chi connectivity index (χ1) is 8.66. The van der Waals surface area contributed by atoms with Gasteiger partial charge in [0.2, 0.25) is 0 Å². The number of rotatable bonds is 2. The first-order valence-corrected chi connectivity index (χ1v) is 6.14. The molecule has 2 aromatic rings. The number of nitrogen functional groups attached to an aromatic ring is 1. The van der Waals surface area contributed by atoms with E-state index >= 15 is 0 Å². The van der Waals surface area contributed by atoms with Crippen molar-refractivity contribution in [2.75, 3.05) is 17.2 Å². The predicted octanol–water partition coefficient (Wildman–Crippen LogP) is 1.27. The molecule has 0 saturated carbocycles. The molecule has 0 atom stereocenters. The Balaban J connectivity index is 1.91. The van der Waals surface area contributed by atoms with E-state index in [1.807, 2.05) is 30.7 Å². The monoisotopic (exact) mass is 243 g/mol. The summed E-state index contributed by atoms with van der Waals surface area (Å²) in [4.78, 5) is 2.29. The molecule has 0 saturated heterocycles. The van der Waals surface area contributed by atoms with Crippen molar-refractivity contribution < 1.29 is 0 Å². The first kappa shape index (κ1) is 11.1. The average molecular weight is 243 g/mol. The van der Waals surface area contributed by atoms with E-state index in [-0.39, 0.29) is 0 Å². The normalized spacial score (nSPS) is 14.0. The Hall–Kier alpha value is -2.04. The summed E-state index contributed by atoms with van der Waals surface area (Å²) in [5.74, 6) is 1.91. The van der Waals surface area contributed by atoms with Crippen LogP contribution in [0, 0.1) is 6.92 Å². The zero-order valence-corrected chi connectivity index (χ0v) is 10.7. The van der Waals surface area contributed by atoms with Crippen molar-refractivity contribution in [1.29, 1.82) is 0 Å². The first-order valence-electron chi connectivity index (χ1n) is 6.14. The van der Waals surface area contributed by atoms with Crippen molar-refractivity contribution >= 4 is 11.4 Å². The van der Waals surface area contributed by atoms with Crippen molar-refractivity contribution in [3.63, 3.8) is 0 Å². The number of hydrogen-bond donors (Lipinski definition) is 1. The summed E-state index contributed by atoms with van der Waals surface area (Å²) < 4.78 is 2.02. The summed E-state index contributed by atoms with van der Waals surface area (Å²) in [5, 5.41) is 8.30. The number of fused-ring (bicyclic) bond motifs is 1. The van der Waals surface area contributed by atoms with Gasteiger partial charge in [0.1, 0.15) is 5.82 Å². The van der Waals surface area contributed by atoms with Crippen LogP contribution >= 0.6 is 0 Å². The van der Waals surface area contributed by atoms with Crippen LogP contribution in [0.15, 0.2) is 18.2 Å². The van der Waals surface area contributed by atoms with Gasteiger partial charge in [-0.15, -0.1) is 10.2 Å². The molecule has 1 aromatic carbocycles. The SMILES string of the molecule is Cc1nnc(CN2CCc3cccc(N)c32)n1C. The molecule has 5 heteroatoms. The van der Waals surface area contributed by atoms with Gasteiger partial charge in [0.05, 0.1) is 17.9 Å². The summed E-state index contributed by atoms with van der Waals surface area (Å²) in [5.41, 5.74) is 9.42. The molecule has 0 radical (unpaired) electrons. The van der Waals surface area contributed by atoms with Gasteiger partial charge in [-0.2, -0.15) is 0 Å². The second-order valence-electron chi connectivity index (χ2n) is 4.75. The highest BCUT2D eigenvalue weighted by atomic mass is 15.3. The second-order valence-corrected chi connectivity index (χ2v) is 4.75. The van der Waals surface area contributed by atoms with Crippen molar-refractivity contribution in [2.24, 2.45) is 7.05 Å². The Morgan fingerprint density at radius 2 is 2.17 bits per heavy atom. The molecular weight excluding hydrogens is 226 g/mol. The van der Waals surface area contributed by atoms with Crippen LogP contribution in [0.25, 0.3) is 0 Å². The minimum atomic E-state index is 0.762. The molecule has 2 N–H and O–H groups in total. The van der Waals surface area contributed by atoms with Gasteiger partial charge in [-0.25, -0.2) is 0 Å². The zero-order valence-electron chi connectivity index (χ0n) is 10.7. The number of benzene rings is 1. The highest BCUT2D eigenvalue weighted by molar-refractivity contribution is 5.74. The van der Waals surface area contributed by atoms with Crippen molar-refractivity contribution in [3.8, 4) is 0 Å². The molecule has 3 rings (SSSR count). The fourth-order valence-corrected chi connectivity index (χ4v) is 2.48. The van der Waals surface area contributed by atoms with Gasteiger partial charge in [0, 0.05) is 13.6 Å². The standard InChI is InChI=1S/C13H17N5/c1-9-15-16-12(17(9)2)8-18-7-6-10-4-3-5-11(14)13(10)18/h3-5H,6-8,14H2,1-2H3. The quantitative estimate of drug-likeness (QED) is 0.807. The Kier molecular flexibility index (Phi) is 2.47. The number of anilines is 2. The molecule has 0 fully saturated rings. The van der Waals surface area contributed by atoms with E-state index in [2.05, 4.69) is 21.2 Å². The third-order valence-corrected chi connectivity index (χ3v) is 3.63. The number of aromatic nitrogens is 3. The molecule has 2 heterocycles. The maximum absolute atomic E-state index is 6.07. The highest BCUT2D eigenvalue weighted by Crippen LogP contribution is 2.34. The summed E-state index contributed by atoms with van der Waals surface area (Å²) in [7, 11) is 2.00. The lowest BCUT2D eigenvalue weighted by Crippen LogP contribution is -2.22. The molecule has 18 heavy (non-hydrogen) atoms. The molecular formula is C13H17N5. The lowest BCUT2D eigenvalue weighted by Gasteiger charge is -2.20. The molecule has 0 spiro atoms. The van der Waals surface area contributed by atoms with E-state index in [1.54, 1.807) is 0 Å². The van der Waals surface area contributed by atoms with Crippen LogP contribution in [-0.4, -0.2) is 21.3 Å². The fourth-order valence-electron chi connectivity index (χ4n) is 2.48. The van der Waals surface area contributed by atoms with Crippen molar-refractivity contribution in [1.82, 2.24) is 14.8 Å². The summed E-state index contributed by atoms with van der Waals surface area (Å²) in [6.45, 7) is 3.72. The van der Waals surface area contributed by atoms with E-state index in [1.165, 1.54) is 5.56 Å². The van der Waals surface area contributed by atoms with Crippen LogP contribution in [0.3, 0.4) is 0 Å². The number of nitrogens with two attached hydrogens (primary N) is 1. The van der Waals surface area contributed by atoms with Gasteiger partial charge in [-0.1, -0.05) is 12.1 Å². The van der Waals surface area contributed by atoms with E-state index in [9.17, 15) is 0 Å². The maximum Gasteiger partial charge on any atom is 0.152 e. The minimum absolute atomic E-state index is 0.762. The average Bonchev–Trinajstić information content (AvgIpc) is 2.90. The van der Waals surface area contributed by atoms with Crippen LogP contribution in [0.4, 0.5) is 11.4 Å². The van der Waals surface area contributed by atoms with Crippen LogP contribution in [0.2, 0.25) is 0 Å². The number of hydrogen-bond acceptors (Lipinski definition) is 4. The predicted molar refractivity (Wildman–Crippen MR) is 71.3 cm³/mol. The molecule has 94 valence electrons. The van der Waals surface area contributed by atoms with Gasteiger partial charge >= 0.3 is 0 Å². The molecule has 1 aromatic heterocycles. The van der Waals surface area contributed by atoms with Crippen LogP contribution in [-0.2, 0) is 20.0 Å². The topological polar surface area (TPSA) is 60.0 Å². The third-order valence-electron chi connectivity index (χ3n) is 3.63. The molecule has 5 nitrogen and oxygen atoms in total. The van der Waals surface area contributed by atoms with Gasteiger partial charge in [0.15, 0.2) is 5.82 Å². The molecule has 0 amide bonds. The van der Waals surface area contributed by atoms with Gasteiger partial charge in [0.25, 0.3) is 0 Å². The van der Waals surface area contributed by atoms with Crippen molar-refractivity contribution in [3.05, 3.63) is 35.4 Å². The van der Waals surface area contributed by atoms with E-state index in [4.69, 9.17) is 5.73 Å². The van der Waals surface area contributed by atoms with Crippen LogP contribution < -0.4 is 10.6 Å². The number of para-hydroxylation sites is 1. The fraction of sp³-hybridized carbons (Fsp3) is 0.385. The smallest absolute Gasteiger partial charge is 0.152 e. The number of aryl methyl sites for hydroxylation is 1. The van der Waals surface area contributed by atoms with Crippen LogP contribution in [0.1, 0.15) is 17.2 Å². The lowest BCUT2D eigenvalue weighted by atomic mass is 10.1. The summed E-state index contributed by atoms with van der Waals surface area (Å²) in [6, 6.07) is 6.12. The molecule has 1 aliphatic heterocycles. The highest BCUT2D eigenvalue weighted by Gasteiger charge is 2.22. The molecule has 0 unspecified atom stereocenters. The van der Waals surface area contributed by atoms with Crippen LogP contribution in [0.5, 0.6) is 0 Å². The van der Waals surface area contributed by atoms with Gasteiger partial charge in [-0.3, -0.25) is 0 Å². The zero-order chi connectivity index (χ0) is 12.7. The maximum atomic E-state index is 6.07. The third kappa shape index (κ3) is 1.63. The Morgan fingerprint density at radius 1 is 1.33 bits per heavy atom. The largest absolute Gasteiger partial charge is 0.397 e. The minimum Gasteiger partial charge on any atom is -0.397 e. The molecule has 1 aliphatic rings. The van der Waals surface area contributed by atoms with E-state index < -0.39 is 0 Å². The van der Waals surface area contributed by atoms with Gasteiger partial charge in [-0.05, 0) is 25.0 Å². The van der Waals surface area contributed by atoms with E-state index in [0.717, 1.165) is 42.5 Å².